The molecule has 0 aliphatic rings. The molecule has 0 aromatic heterocycles. The van der Waals surface area contributed by atoms with Gasteiger partial charge in [0.05, 0.1) is 0 Å². The fourth-order valence-corrected chi connectivity index (χ4v) is 3.60. The number of alkyl halides is 9. The van der Waals surface area contributed by atoms with E-state index >= 15 is 0 Å². The third-order valence-corrected chi connectivity index (χ3v) is 6.13. The molecule has 0 N–H and O–H groups in total. The smallest absolute Gasteiger partial charge is 0.741 e. The topological polar surface area (TPSA) is 172 Å². The van der Waals surface area contributed by atoms with Crippen LogP contribution in [0.1, 0.15) is 0 Å². The van der Waals surface area contributed by atoms with E-state index in [2.05, 4.69) is 26.7 Å². The van der Waals surface area contributed by atoms with Gasteiger partial charge in [0.2, 0.25) is 0 Å². The third kappa shape index (κ3) is 28.7. The third-order valence-electron chi connectivity index (χ3n) is 1.84. The number of halogens is 9. The minimum Gasteiger partial charge on any atom is -0.741 e. The van der Waals surface area contributed by atoms with E-state index in [0.717, 1.165) is 0 Å². The Morgan fingerprint density at radius 1 is 0.515 bits per heavy atom. The maximum absolute atomic E-state index is 10.7. The van der Waals surface area contributed by atoms with Crippen LogP contribution in [0.5, 0.6) is 0 Å². The quantitative estimate of drug-likeness (QED) is 0.186. The van der Waals surface area contributed by atoms with Crippen LogP contribution in [0.25, 0.3) is 0 Å². The molecule has 0 aromatic carbocycles. The molecular formula is C9H16F9O9P2S3Tc. The SMILES string of the molecule is CP(C)CCP(C)C.O=S(=O)([O-])C(F)(F)F.O=S(=O)([O-])C(F)(F)F.O=S(=O)([O-])C(F)(F)F.[Tc+3]. The first-order chi connectivity index (χ1) is 13.4. The molecule has 0 fully saturated rings. The molecular weight excluding hydrogens is 679 g/mol. The molecule has 0 aliphatic carbocycles. The summed E-state index contributed by atoms with van der Waals surface area (Å²) in [5.41, 5.74) is -16.9. The van der Waals surface area contributed by atoms with Crippen LogP contribution in [0.3, 0.4) is 0 Å². The van der Waals surface area contributed by atoms with E-state index in [0.29, 0.717) is 15.8 Å². The average molecular weight is 695 g/mol. The zero-order chi connectivity index (χ0) is 27.6. The summed E-state index contributed by atoms with van der Waals surface area (Å²) in [5.74, 6) is 0. The second-order valence-electron chi connectivity index (χ2n) is 5.31. The van der Waals surface area contributed by atoms with Crippen molar-refractivity contribution in [1.82, 2.24) is 0 Å². The summed E-state index contributed by atoms with van der Waals surface area (Å²) in [7, 11) is -17.5. The van der Waals surface area contributed by atoms with Gasteiger partial charge in [-0.2, -0.15) is 39.5 Å². The Labute approximate surface area is 200 Å². The molecule has 0 amide bonds. The van der Waals surface area contributed by atoms with E-state index in [9.17, 15) is 39.5 Å². The van der Waals surface area contributed by atoms with Gasteiger partial charge in [0.25, 0.3) is 0 Å². The summed E-state index contributed by atoms with van der Waals surface area (Å²) in [6.07, 6.45) is 2.96. The van der Waals surface area contributed by atoms with Crippen molar-refractivity contribution in [3.63, 3.8) is 0 Å². The Balaban J connectivity index is -0.000000105. The number of rotatable bonds is 3. The van der Waals surface area contributed by atoms with Gasteiger partial charge in [0.15, 0.2) is 30.4 Å². The van der Waals surface area contributed by atoms with Crippen LogP contribution < -0.4 is 0 Å². The van der Waals surface area contributed by atoms with Crippen molar-refractivity contribution in [1.29, 1.82) is 0 Å². The fraction of sp³-hybridized carbons (Fsp3) is 1.00. The molecule has 0 spiro atoms. The molecule has 0 unspecified atom stereocenters. The van der Waals surface area contributed by atoms with Crippen molar-refractivity contribution in [3.8, 4) is 0 Å². The Morgan fingerprint density at radius 3 is 0.636 bits per heavy atom. The van der Waals surface area contributed by atoms with Crippen molar-refractivity contribution in [2.24, 2.45) is 0 Å². The van der Waals surface area contributed by atoms with Crippen LogP contribution in [0.15, 0.2) is 0 Å². The summed E-state index contributed by atoms with van der Waals surface area (Å²) in [6, 6.07) is 0. The first-order valence-corrected chi connectivity index (χ1v) is 15.8. The maximum atomic E-state index is 10.7. The first-order valence-electron chi connectivity index (χ1n) is 6.73. The molecule has 204 valence electrons. The van der Waals surface area contributed by atoms with Crippen molar-refractivity contribution in [2.45, 2.75) is 16.5 Å². The van der Waals surface area contributed by atoms with Gasteiger partial charge in [-0.3, -0.25) is 0 Å². The van der Waals surface area contributed by atoms with Gasteiger partial charge in [-0.15, -0.1) is 15.8 Å². The van der Waals surface area contributed by atoms with Crippen molar-refractivity contribution >= 4 is 46.2 Å². The molecule has 9 nitrogen and oxygen atoms in total. The Bertz CT molecular complexity index is 729. The van der Waals surface area contributed by atoms with E-state index in [4.69, 9.17) is 38.9 Å². The second kappa shape index (κ2) is 16.4. The Kier molecular flexibility index (Phi) is 21.7. The van der Waals surface area contributed by atoms with E-state index < -0.39 is 46.9 Å². The van der Waals surface area contributed by atoms with Crippen LogP contribution in [-0.4, -0.2) is 94.4 Å². The summed E-state index contributed by atoms with van der Waals surface area (Å²) in [5, 5.41) is 0. The zero-order valence-corrected chi connectivity index (χ0v) is 22.6. The summed E-state index contributed by atoms with van der Waals surface area (Å²) in [4.78, 5) is 0. The monoisotopic (exact) mass is 694 g/mol. The molecule has 33 heavy (non-hydrogen) atoms. The largest absolute Gasteiger partial charge is 3.00 e. The van der Waals surface area contributed by atoms with E-state index in [-0.39, 0.29) is 20.1 Å². The van der Waals surface area contributed by atoms with Crippen LogP contribution in [-0.2, 0) is 50.5 Å². The number of hydrogen-bond donors (Lipinski definition) is 0. The normalized spacial score (nSPS) is 12.9. The van der Waals surface area contributed by atoms with Gasteiger partial charge in [-0.05, 0) is 39.0 Å². The second-order valence-corrected chi connectivity index (χ2v) is 14.6. The molecule has 0 radical (unpaired) electrons. The summed E-state index contributed by atoms with van der Waals surface area (Å²) < 4.78 is 177. The summed E-state index contributed by atoms with van der Waals surface area (Å²) >= 11 is 0. The molecule has 24 heteroatoms. The molecule has 0 aliphatic heterocycles. The standard InChI is InChI=1S/C6H16P2.3CHF3O3S.Tc/c1-7(2)5-6-8(3)4;3*2-1(3,4)8(5,6)7;/h5-6H2,1-4H3;3*(H,5,6,7);/q;;;;+3/p-3. The van der Waals surface area contributed by atoms with Crippen LogP contribution in [0.2, 0.25) is 0 Å². The summed E-state index contributed by atoms with van der Waals surface area (Å²) in [6.45, 7) is 9.42. The van der Waals surface area contributed by atoms with Crippen LogP contribution in [0, 0.1) is 0 Å². The van der Waals surface area contributed by atoms with Gasteiger partial charge in [-0.1, -0.05) is 0 Å². The van der Waals surface area contributed by atoms with E-state index in [1.807, 2.05) is 0 Å². The van der Waals surface area contributed by atoms with Gasteiger partial charge in [0, 0.05) is 0 Å². The fourth-order valence-electron chi connectivity index (χ4n) is 0.400. The van der Waals surface area contributed by atoms with Crippen LogP contribution in [0.4, 0.5) is 39.5 Å². The average Bonchev–Trinajstić information content (AvgIpc) is 2.40. The Hall–Kier alpha value is 0.609. The molecule has 0 saturated carbocycles. The van der Waals surface area contributed by atoms with Gasteiger partial charge in [0.1, 0.15) is 0 Å². The molecule has 0 rings (SSSR count). The van der Waals surface area contributed by atoms with Crippen molar-refractivity contribution in [3.05, 3.63) is 0 Å². The first kappa shape index (κ1) is 43.7. The van der Waals surface area contributed by atoms with Crippen molar-refractivity contribution in [2.75, 3.05) is 39.0 Å². The molecule has 0 aromatic rings. The zero-order valence-electron chi connectivity index (χ0n) is 16.5. The van der Waals surface area contributed by atoms with Gasteiger partial charge >= 0.3 is 36.6 Å². The van der Waals surface area contributed by atoms with E-state index in [1.165, 1.54) is 12.3 Å². The van der Waals surface area contributed by atoms with Gasteiger partial charge in [-0.25, -0.2) is 25.3 Å². The van der Waals surface area contributed by atoms with Gasteiger partial charge < -0.3 is 13.7 Å². The molecule has 0 saturated heterocycles. The van der Waals surface area contributed by atoms with Crippen molar-refractivity contribution < 1.29 is 98.5 Å². The number of hydrogen-bond acceptors (Lipinski definition) is 9. The maximum Gasteiger partial charge on any atom is 3.00 e. The van der Waals surface area contributed by atoms with Crippen LogP contribution >= 0.6 is 15.8 Å². The minimum absolute atomic E-state index is 0. The molecule has 0 atom stereocenters. The predicted molar refractivity (Wildman–Crippen MR) is 94.5 cm³/mol. The predicted octanol–water partition coefficient (Wildman–Crippen LogP) is 2.62. The van der Waals surface area contributed by atoms with E-state index in [1.54, 1.807) is 0 Å². The minimum atomic E-state index is -6.09. The molecule has 0 bridgehead atoms. The molecule has 0 heterocycles. The Morgan fingerprint density at radius 2 is 0.606 bits per heavy atom.